The Labute approximate surface area is 114 Å². The molecule has 0 atom stereocenters. The topological polar surface area (TPSA) is 29.5 Å². The lowest BCUT2D eigenvalue weighted by Gasteiger charge is -2.33. The summed E-state index contributed by atoms with van der Waals surface area (Å²) in [5.41, 5.74) is 3.32. The first-order chi connectivity index (χ1) is 9.16. The van der Waals surface area contributed by atoms with E-state index in [1.165, 1.54) is 18.4 Å². The number of ether oxygens (including phenoxy) is 1. The standard InChI is InChI=1S/C16H21NO2/c1-11-9-12(2)15-14(10-11)19-8-7-17(15)16(18)13-5-3-4-6-13/h9-10,13H,3-8H2,1-2H3. The van der Waals surface area contributed by atoms with Crippen molar-refractivity contribution in [1.29, 1.82) is 0 Å². The van der Waals surface area contributed by atoms with Gasteiger partial charge in [-0.2, -0.15) is 0 Å². The van der Waals surface area contributed by atoms with Crippen molar-refractivity contribution < 1.29 is 9.53 Å². The van der Waals surface area contributed by atoms with Crippen LogP contribution in [0.3, 0.4) is 0 Å². The summed E-state index contributed by atoms with van der Waals surface area (Å²) in [6.07, 6.45) is 4.49. The summed E-state index contributed by atoms with van der Waals surface area (Å²) in [7, 11) is 0. The molecule has 0 saturated heterocycles. The molecule has 3 nitrogen and oxygen atoms in total. The molecule has 0 aromatic heterocycles. The number of amides is 1. The van der Waals surface area contributed by atoms with Crippen molar-refractivity contribution in [2.45, 2.75) is 39.5 Å². The second-order valence-corrected chi connectivity index (χ2v) is 5.75. The molecule has 1 aliphatic carbocycles. The van der Waals surface area contributed by atoms with Crippen LogP contribution in [0.15, 0.2) is 12.1 Å². The smallest absolute Gasteiger partial charge is 0.230 e. The average Bonchev–Trinajstić information content (AvgIpc) is 2.90. The molecule has 0 N–H and O–H groups in total. The van der Waals surface area contributed by atoms with Crippen LogP contribution in [0.1, 0.15) is 36.8 Å². The number of rotatable bonds is 1. The predicted molar refractivity (Wildman–Crippen MR) is 75.7 cm³/mol. The van der Waals surface area contributed by atoms with Crippen LogP contribution in [0.25, 0.3) is 0 Å². The van der Waals surface area contributed by atoms with Gasteiger partial charge in [0.05, 0.1) is 12.2 Å². The van der Waals surface area contributed by atoms with E-state index < -0.39 is 0 Å². The maximum absolute atomic E-state index is 12.7. The third kappa shape index (κ3) is 2.22. The lowest BCUT2D eigenvalue weighted by Crippen LogP contribution is -2.41. The molecule has 1 saturated carbocycles. The monoisotopic (exact) mass is 259 g/mol. The van der Waals surface area contributed by atoms with Crippen molar-refractivity contribution in [3.05, 3.63) is 23.3 Å². The second-order valence-electron chi connectivity index (χ2n) is 5.75. The highest BCUT2D eigenvalue weighted by molar-refractivity contribution is 5.97. The zero-order valence-electron chi connectivity index (χ0n) is 11.7. The molecule has 3 rings (SSSR count). The van der Waals surface area contributed by atoms with E-state index in [1.54, 1.807) is 0 Å². The van der Waals surface area contributed by atoms with E-state index in [1.807, 2.05) is 11.0 Å². The largest absolute Gasteiger partial charge is 0.490 e. The highest BCUT2D eigenvalue weighted by atomic mass is 16.5. The molecule has 0 unspecified atom stereocenters. The van der Waals surface area contributed by atoms with E-state index in [2.05, 4.69) is 19.9 Å². The van der Waals surface area contributed by atoms with Gasteiger partial charge in [-0.1, -0.05) is 18.9 Å². The Balaban J connectivity index is 1.95. The number of aryl methyl sites for hydroxylation is 2. The number of carbonyl (C=O) groups is 1. The summed E-state index contributed by atoms with van der Waals surface area (Å²) in [5, 5.41) is 0. The minimum atomic E-state index is 0.228. The molecule has 1 amide bonds. The SMILES string of the molecule is Cc1cc(C)c2c(c1)OCCN2C(=O)C1CCCC1. The fourth-order valence-electron chi connectivity index (χ4n) is 3.35. The van der Waals surface area contributed by atoms with Gasteiger partial charge in [-0.25, -0.2) is 0 Å². The van der Waals surface area contributed by atoms with Crippen LogP contribution in [0, 0.1) is 19.8 Å². The van der Waals surface area contributed by atoms with Crippen LogP contribution >= 0.6 is 0 Å². The molecule has 19 heavy (non-hydrogen) atoms. The van der Waals surface area contributed by atoms with Gasteiger partial charge in [0.25, 0.3) is 0 Å². The molecule has 1 aromatic carbocycles. The van der Waals surface area contributed by atoms with Crippen LogP contribution in [-0.2, 0) is 4.79 Å². The normalized spacial score (nSPS) is 19.2. The van der Waals surface area contributed by atoms with Gasteiger partial charge >= 0.3 is 0 Å². The number of carbonyl (C=O) groups excluding carboxylic acids is 1. The van der Waals surface area contributed by atoms with E-state index in [-0.39, 0.29) is 5.92 Å². The number of hydrogen-bond donors (Lipinski definition) is 0. The first kappa shape index (κ1) is 12.5. The second kappa shape index (κ2) is 4.87. The molecular formula is C16H21NO2. The summed E-state index contributed by atoms with van der Waals surface area (Å²) in [6.45, 7) is 5.42. The van der Waals surface area contributed by atoms with Crippen LogP contribution in [0.2, 0.25) is 0 Å². The van der Waals surface area contributed by atoms with E-state index in [4.69, 9.17) is 4.74 Å². The highest BCUT2D eigenvalue weighted by Gasteiger charge is 2.32. The van der Waals surface area contributed by atoms with Gasteiger partial charge in [-0.3, -0.25) is 4.79 Å². The average molecular weight is 259 g/mol. The fraction of sp³-hybridized carbons (Fsp3) is 0.562. The molecule has 0 spiro atoms. The van der Waals surface area contributed by atoms with Crippen LogP contribution in [0.4, 0.5) is 5.69 Å². The van der Waals surface area contributed by atoms with Gasteiger partial charge in [-0.05, 0) is 43.9 Å². The number of hydrogen-bond acceptors (Lipinski definition) is 2. The minimum Gasteiger partial charge on any atom is -0.490 e. The van der Waals surface area contributed by atoms with Gasteiger partial charge < -0.3 is 9.64 Å². The Morgan fingerprint density at radius 2 is 2.00 bits per heavy atom. The molecule has 1 fully saturated rings. The lowest BCUT2D eigenvalue weighted by molar-refractivity contribution is -0.122. The predicted octanol–water partition coefficient (Wildman–Crippen LogP) is 3.22. The Hall–Kier alpha value is -1.51. The van der Waals surface area contributed by atoms with Gasteiger partial charge in [0.2, 0.25) is 5.91 Å². The van der Waals surface area contributed by atoms with Crippen molar-refractivity contribution >= 4 is 11.6 Å². The first-order valence-corrected chi connectivity index (χ1v) is 7.22. The summed E-state index contributed by atoms with van der Waals surface area (Å²) >= 11 is 0. The van der Waals surface area contributed by atoms with E-state index in [9.17, 15) is 4.79 Å². The van der Waals surface area contributed by atoms with Gasteiger partial charge in [-0.15, -0.1) is 0 Å². The molecule has 2 aliphatic rings. The zero-order valence-corrected chi connectivity index (χ0v) is 11.7. The summed E-state index contributed by atoms with van der Waals surface area (Å²) < 4.78 is 5.73. The van der Waals surface area contributed by atoms with Crippen molar-refractivity contribution in [3.8, 4) is 5.75 Å². The van der Waals surface area contributed by atoms with Crippen molar-refractivity contribution in [2.75, 3.05) is 18.1 Å². The van der Waals surface area contributed by atoms with Gasteiger partial charge in [0, 0.05) is 5.92 Å². The maximum Gasteiger partial charge on any atom is 0.230 e. The zero-order chi connectivity index (χ0) is 13.4. The van der Waals surface area contributed by atoms with Crippen LogP contribution in [-0.4, -0.2) is 19.1 Å². The van der Waals surface area contributed by atoms with Crippen molar-refractivity contribution in [1.82, 2.24) is 0 Å². The molecule has 0 radical (unpaired) electrons. The van der Waals surface area contributed by atoms with E-state index >= 15 is 0 Å². The Kier molecular flexibility index (Phi) is 3.21. The number of benzene rings is 1. The van der Waals surface area contributed by atoms with E-state index in [0.717, 1.165) is 29.8 Å². The van der Waals surface area contributed by atoms with E-state index in [0.29, 0.717) is 19.1 Å². The first-order valence-electron chi connectivity index (χ1n) is 7.22. The third-order valence-corrected chi connectivity index (χ3v) is 4.22. The maximum atomic E-state index is 12.7. The number of anilines is 1. The molecule has 1 aromatic rings. The Morgan fingerprint density at radius 3 is 2.74 bits per heavy atom. The number of fused-ring (bicyclic) bond motifs is 1. The minimum absolute atomic E-state index is 0.228. The van der Waals surface area contributed by atoms with Gasteiger partial charge in [0.15, 0.2) is 0 Å². The third-order valence-electron chi connectivity index (χ3n) is 4.22. The summed E-state index contributed by atoms with van der Waals surface area (Å²) in [6, 6.07) is 4.17. The molecule has 3 heteroatoms. The lowest BCUT2D eigenvalue weighted by atomic mass is 10.0. The molecule has 1 heterocycles. The molecular weight excluding hydrogens is 238 g/mol. The summed E-state index contributed by atoms with van der Waals surface area (Å²) in [5.74, 6) is 1.40. The highest BCUT2D eigenvalue weighted by Crippen LogP contribution is 2.38. The van der Waals surface area contributed by atoms with Crippen LogP contribution in [0.5, 0.6) is 5.75 Å². The molecule has 1 aliphatic heterocycles. The van der Waals surface area contributed by atoms with Crippen LogP contribution < -0.4 is 9.64 Å². The number of nitrogens with zero attached hydrogens (tertiary/aromatic N) is 1. The fourth-order valence-corrected chi connectivity index (χ4v) is 3.35. The van der Waals surface area contributed by atoms with Gasteiger partial charge in [0.1, 0.15) is 12.4 Å². The quantitative estimate of drug-likeness (QED) is 0.775. The molecule has 0 bridgehead atoms. The Bertz CT molecular complexity index is 504. The molecule has 102 valence electrons. The Morgan fingerprint density at radius 1 is 1.26 bits per heavy atom. The summed E-state index contributed by atoms with van der Waals surface area (Å²) in [4.78, 5) is 14.6. The van der Waals surface area contributed by atoms with Crippen molar-refractivity contribution in [3.63, 3.8) is 0 Å². The van der Waals surface area contributed by atoms with Crippen molar-refractivity contribution in [2.24, 2.45) is 5.92 Å².